The number of anilines is 1. The van der Waals surface area contributed by atoms with Gasteiger partial charge in [0.15, 0.2) is 0 Å². The van der Waals surface area contributed by atoms with E-state index < -0.39 is 21.2 Å². The first-order valence-electron chi connectivity index (χ1n) is 5.12. The van der Waals surface area contributed by atoms with E-state index in [-0.39, 0.29) is 24.5 Å². The highest BCUT2D eigenvalue weighted by Gasteiger charge is 2.33. The molecule has 2 rings (SSSR count). The maximum atomic E-state index is 11.8. The fraction of sp³-hybridized carbons (Fsp3) is 0.222. The summed E-state index contributed by atoms with van der Waals surface area (Å²) < 4.78 is 30.8. The zero-order valence-corrected chi connectivity index (χ0v) is 10.3. The number of carbonyl (C=O) groups is 1. The predicted octanol–water partition coefficient (Wildman–Crippen LogP) is 0.704. The molecule has 0 saturated carbocycles. The van der Waals surface area contributed by atoms with Crippen LogP contribution in [0.5, 0.6) is 0 Å². The molecule has 0 aliphatic carbocycles. The number of cyclic esters (lactones) is 1. The van der Waals surface area contributed by atoms with E-state index in [4.69, 9.17) is 0 Å². The fourth-order valence-corrected chi connectivity index (χ4v) is 2.56. The summed E-state index contributed by atoms with van der Waals surface area (Å²) in [4.78, 5) is 21.0. The largest absolute Gasteiger partial charge is 0.447 e. The summed E-state index contributed by atoms with van der Waals surface area (Å²) in [7, 11) is -4.06. The number of amides is 1. The first-order chi connectivity index (χ1) is 8.90. The molecule has 102 valence electrons. The van der Waals surface area contributed by atoms with E-state index in [1.54, 1.807) is 0 Å². The molecule has 0 bridgehead atoms. The van der Waals surface area contributed by atoms with Crippen molar-refractivity contribution < 1.29 is 22.9 Å². The van der Waals surface area contributed by atoms with Crippen molar-refractivity contribution in [3.8, 4) is 0 Å². The highest BCUT2D eigenvalue weighted by Crippen LogP contribution is 2.18. The molecule has 1 saturated heterocycles. The number of hydrogen-bond donors (Lipinski definition) is 1. The Morgan fingerprint density at radius 2 is 1.95 bits per heavy atom. The first kappa shape index (κ1) is 13.1. The van der Waals surface area contributed by atoms with E-state index in [1.807, 2.05) is 0 Å². The average Bonchev–Trinajstić information content (AvgIpc) is 2.76. The Bertz CT molecular complexity index is 611. The van der Waals surface area contributed by atoms with Crippen LogP contribution in [0.4, 0.5) is 16.2 Å². The minimum atomic E-state index is -4.06. The lowest BCUT2D eigenvalue weighted by atomic mass is 10.3. The number of nitro benzene ring substituents is 1. The quantitative estimate of drug-likeness (QED) is 0.643. The van der Waals surface area contributed by atoms with Gasteiger partial charge in [-0.1, -0.05) is 0 Å². The topological polar surface area (TPSA) is 119 Å². The van der Waals surface area contributed by atoms with Gasteiger partial charge in [0.2, 0.25) is 0 Å². The van der Waals surface area contributed by atoms with Crippen LogP contribution < -0.4 is 4.72 Å². The standard InChI is InChI=1S/C9H9N3O6S/c13-9-11(5-6-18-9)19(16,17)10-7-1-3-8(4-2-7)12(14)15/h1-4,10H,5-6H2. The van der Waals surface area contributed by atoms with Crippen LogP contribution >= 0.6 is 0 Å². The van der Waals surface area contributed by atoms with Crippen LogP contribution in [0.2, 0.25) is 0 Å². The molecule has 0 radical (unpaired) electrons. The van der Waals surface area contributed by atoms with Crippen LogP contribution in [-0.2, 0) is 14.9 Å². The van der Waals surface area contributed by atoms with Gasteiger partial charge in [-0.2, -0.15) is 12.7 Å². The molecule has 0 unspecified atom stereocenters. The molecule has 1 aromatic rings. The van der Waals surface area contributed by atoms with Crippen molar-refractivity contribution in [3.05, 3.63) is 34.4 Å². The summed E-state index contributed by atoms with van der Waals surface area (Å²) >= 11 is 0. The SMILES string of the molecule is O=C1OCCN1S(=O)(=O)Nc1ccc([N+](=O)[O-])cc1. The number of hydrogen-bond acceptors (Lipinski definition) is 6. The molecular weight excluding hydrogens is 278 g/mol. The molecule has 1 aromatic carbocycles. The third-order valence-electron chi connectivity index (χ3n) is 2.34. The molecular formula is C9H9N3O6S. The summed E-state index contributed by atoms with van der Waals surface area (Å²) in [6, 6.07) is 4.77. The molecule has 0 aromatic heterocycles. The maximum absolute atomic E-state index is 11.8. The van der Waals surface area contributed by atoms with E-state index in [9.17, 15) is 23.3 Å². The Labute approximate surface area is 108 Å². The van der Waals surface area contributed by atoms with Gasteiger partial charge >= 0.3 is 16.3 Å². The Morgan fingerprint density at radius 3 is 2.42 bits per heavy atom. The molecule has 1 aliphatic heterocycles. The Kier molecular flexibility index (Phi) is 3.25. The summed E-state index contributed by atoms with van der Waals surface area (Å²) in [6.07, 6.45) is -0.950. The van der Waals surface area contributed by atoms with Crippen molar-refractivity contribution in [2.24, 2.45) is 0 Å². The Morgan fingerprint density at radius 1 is 1.32 bits per heavy atom. The van der Waals surface area contributed by atoms with Gasteiger partial charge in [0, 0.05) is 12.1 Å². The molecule has 1 fully saturated rings. The molecule has 0 atom stereocenters. The summed E-state index contributed by atoms with van der Waals surface area (Å²) in [5.74, 6) is 0. The number of nitro groups is 1. The minimum Gasteiger partial charge on any atom is -0.447 e. The molecule has 0 spiro atoms. The van der Waals surface area contributed by atoms with Gasteiger partial charge < -0.3 is 4.74 Å². The predicted molar refractivity (Wildman–Crippen MR) is 63.7 cm³/mol. The Balaban J connectivity index is 2.16. The highest BCUT2D eigenvalue weighted by molar-refractivity contribution is 7.90. The highest BCUT2D eigenvalue weighted by atomic mass is 32.2. The van der Waals surface area contributed by atoms with Crippen molar-refractivity contribution in [3.63, 3.8) is 0 Å². The van der Waals surface area contributed by atoms with Crippen molar-refractivity contribution in [2.75, 3.05) is 17.9 Å². The zero-order chi connectivity index (χ0) is 14.0. The summed E-state index contributed by atoms with van der Waals surface area (Å²) in [5, 5.41) is 10.4. The minimum absolute atomic E-state index is 0.00000476. The second-order valence-corrected chi connectivity index (χ2v) is 5.19. The van der Waals surface area contributed by atoms with Gasteiger partial charge in [-0.3, -0.25) is 14.8 Å². The monoisotopic (exact) mass is 287 g/mol. The van der Waals surface area contributed by atoms with E-state index in [1.165, 1.54) is 12.1 Å². The van der Waals surface area contributed by atoms with Crippen LogP contribution in [0.1, 0.15) is 0 Å². The lowest BCUT2D eigenvalue weighted by molar-refractivity contribution is -0.384. The number of non-ortho nitro benzene ring substituents is 1. The molecule has 9 nitrogen and oxygen atoms in total. The fourth-order valence-electron chi connectivity index (χ4n) is 1.45. The number of ether oxygens (including phenoxy) is 1. The van der Waals surface area contributed by atoms with E-state index in [0.29, 0.717) is 4.31 Å². The molecule has 1 N–H and O–H groups in total. The number of nitrogens with zero attached hydrogens (tertiary/aromatic N) is 2. The van der Waals surface area contributed by atoms with Crippen LogP contribution in [0, 0.1) is 10.1 Å². The number of carbonyl (C=O) groups excluding carboxylic acids is 1. The second-order valence-electron chi connectivity index (χ2n) is 3.60. The Hall–Kier alpha value is -2.36. The van der Waals surface area contributed by atoms with E-state index >= 15 is 0 Å². The normalized spacial score (nSPS) is 15.2. The number of nitrogens with one attached hydrogen (secondary N) is 1. The van der Waals surface area contributed by atoms with Gasteiger partial charge in [-0.05, 0) is 12.1 Å². The molecule has 1 amide bonds. The van der Waals surface area contributed by atoms with Crippen LogP contribution in [0.25, 0.3) is 0 Å². The zero-order valence-electron chi connectivity index (χ0n) is 9.48. The summed E-state index contributed by atoms with van der Waals surface area (Å²) in [5.41, 5.74) is -0.0474. The maximum Gasteiger partial charge on any atom is 0.425 e. The lowest BCUT2D eigenvalue weighted by Crippen LogP contribution is -2.36. The second kappa shape index (κ2) is 4.72. The smallest absolute Gasteiger partial charge is 0.425 e. The van der Waals surface area contributed by atoms with Gasteiger partial charge in [0.25, 0.3) is 5.69 Å². The van der Waals surface area contributed by atoms with Crippen molar-refractivity contribution in [2.45, 2.75) is 0 Å². The third kappa shape index (κ3) is 2.73. The summed E-state index contributed by atoms with van der Waals surface area (Å²) in [6.45, 7) is -0.0683. The third-order valence-corrected chi connectivity index (χ3v) is 3.74. The van der Waals surface area contributed by atoms with Gasteiger partial charge in [0.05, 0.1) is 17.2 Å². The van der Waals surface area contributed by atoms with Gasteiger partial charge in [0.1, 0.15) is 6.61 Å². The van der Waals surface area contributed by atoms with E-state index in [0.717, 1.165) is 12.1 Å². The van der Waals surface area contributed by atoms with Crippen LogP contribution in [0.3, 0.4) is 0 Å². The van der Waals surface area contributed by atoms with Crippen molar-refractivity contribution >= 4 is 27.7 Å². The molecule has 19 heavy (non-hydrogen) atoms. The van der Waals surface area contributed by atoms with Crippen molar-refractivity contribution in [1.82, 2.24) is 4.31 Å². The van der Waals surface area contributed by atoms with Gasteiger partial charge in [-0.25, -0.2) is 4.79 Å². The first-order valence-corrected chi connectivity index (χ1v) is 6.56. The lowest BCUT2D eigenvalue weighted by Gasteiger charge is -2.14. The van der Waals surface area contributed by atoms with Gasteiger partial charge in [-0.15, -0.1) is 0 Å². The molecule has 10 heteroatoms. The van der Waals surface area contributed by atoms with Crippen LogP contribution in [-0.4, -0.2) is 36.9 Å². The number of benzene rings is 1. The van der Waals surface area contributed by atoms with Crippen LogP contribution in [0.15, 0.2) is 24.3 Å². The van der Waals surface area contributed by atoms with E-state index in [2.05, 4.69) is 9.46 Å². The number of rotatable bonds is 4. The molecule has 1 aliphatic rings. The molecule has 1 heterocycles. The average molecular weight is 287 g/mol. The van der Waals surface area contributed by atoms with Crippen molar-refractivity contribution in [1.29, 1.82) is 0 Å².